The molecule has 0 spiro atoms. The normalized spacial score (nSPS) is 19.0. The van der Waals surface area contributed by atoms with Gasteiger partial charge in [0, 0.05) is 13.0 Å². The van der Waals surface area contributed by atoms with Crippen LogP contribution in [-0.4, -0.2) is 29.9 Å². The molecule has 1 unspecified atom stereocenters. The number of methoxy groups -OCH3 is 1. The zero-order chi connectivity index (χ0) is 15.6. The smallest absolute Gasteiger partial charge is 0.416 e. The van der Waals surface area contributed by atoms with Crippen molar-refractivity contribution < 1.29 is 27.5 Å². The van der Waals surface area contributed by atoms with Gasteiger partial charge < -0.3 is 9.64 Å². The average molecular weight is 301 g/mol. The summed E-state index contributed by atoms with van der Waals surface area (Å²) in [4.78, 5) is 24.6. The van der Waals surface area contributed by atoms with Gasteiger partial charge in [0.15, 0.2) is 0 Å². The fraction of sp³-hybridized carbons (Fsp3) is 0.429. The number of esters is 1. The molecule has 0 bridgehead atoms. The number of likely N-dealkylation sites (tertiary alicyclic amines) is 1. The minimum Gasteiger partial charge on any atom is -0.467 e. The second kappa shape index (κ2) is 5.75. The molecule has 4 nitrogen and oxygen atoms in total. The summed E-state index contributed by atoms with van der Waals surface area (Å²) in [5.74, 6) is -0.951. The van der Waals surface area contributed by atoms with Gasteiger partial charge in [-0.05, 0) is 18.1 Å². The minimum atomic E-state index is -4.50. The molecule has 7 heteroatoms. The Morgan fingerprint density at radius 2 is 2.05 bits per heavy atom. The largest absolute Gasteiger partial charge is 0.467 e. The molecule has 1 amide bonds. The third-order valence-corrected chi connectivity index (χ3v) is 3.46. The number of carbonyl (C=O) groups is 2. The highest BCUT2D eigenvalue weighted by Gasteiger charge is 2.39. The van der Waals surface area contributed by atoms with E-state index in [2.05, 4.69) is 4.74 Å². The third kappa shape index (κ3) is 3.17. The number of ether oxygens (including phenoxy) is 1. The highest BCUT2D eigenvalue weighted by atomic mass is 19.4. The topological polar surface area (TPSA) is 46.6 Å². The van der Waals surface area contributed by atoms with E-state index in [4.69, 9.17) is 0 Å². The molecule has 1 saturated heterocycles. The highest BCUT2D eigenvalue weighted by molar-refractivity contribution is 5.88. The Bertz CT molecular complexity index is 557. The van der Waals surface area contributed by atoms with Gasteiger partial charge in [-0.1, -0.05) is 18.2 Å². The first-order valence-corrected chi connectivity index (χ1v) is 6.37. The molecule has 0 N–H and O–H groups in total. The van der Waals surface area contributed by atoms with E-state index in [-0.39, 0.29) is 30.9 Å². The monoisotopic (exact) mass is 301 g/mol. The van der Waals surface area contributed by atoms with E-state index >= 15 is 0 Å². The lowest BCUT2D eigenvalue weighted by Crippen LogP contribution is -2.39. The second-order valence-corrected chi connectivity index (χ2v) is 4.75. The zero-order valence-electron chi connectivity index (χ0n) is 11.3. The second-order valence-electron chi connectivity index (χ2n) is 4.75. The van der Waals surface area contributed by atoms with Crippen LogP contribution >= 0.6 is 0 Å². The van der Waals surface area contributed by atoms with Crippen LogP contribution in [0.4, 0.5) is 13.2 Å². The van der Waals surface area contributed by atoms with Crippen molar-refractivity contribution in [2.75, 3.05) is 7.11 Å². The Morgan fingerprint density at radius 1 is 1.38 bits per heavy atom. The van der Waals surface area contributed by atoms with Crippen LogP contribution < -0.4 is 0 Å². The quantitative estimate of drug-likeness (QED) is 0.805. The standard InChI is InChI=1S/C14H14F3NO3/c1-21-13(20)11-6-7-12(19)18(11)8-9-4-2-3-5-10(9)14(15,16)17/h2-5,11H,6-8H2,1H3. The Balaban J connectivity index is 2.28. The summed E-state index contributed by atoms with van der Waals surface area (Å²) in [6, 6.07) is 4.21. The maximum absolute atomic E-state index is 12.9. The van der Waals surface area contributed by atoms with Crippen molar-refractivity contribution in [3.63, 3.8) is 0 Å². The molecule has 0 radical (unpaired) electrons. The Labute approximate surface area is 119 Å². The fourth-order valence-electron chi connectivity index (χ4n) is 2.43. The van der Waals surface area contributed by atoms with E-state index in [1.807, 2.05) is 0 Å². The Kier molecular flexibility index (Phi) is 4.20. The van der Waals surface area contributed by atoms with Gasteiger partial charge in [0.2, 0.25) is 5.91 Å². The van der Waals surface area contributed by atoms with Gasteiger partial charge in [0.05, 0.1) is 12.7 Å². The average Bonchev–Trinajstić information content (AvgIpc) is 2.79. The van der Waals surface area contributed by atoms with Gasteiger partial charge in [-0.3, -0.25) is 4.79 Å². The highest BCUT2D eigenvalue weighted by Crippen LogP contribution is 2.33. The maximum atomic E-state index is 12.9. The van der Waals surface area contributed by atoms with Gasteiger partial charge >= 0.3 is 12.1 Å². The molecule has 2 rings (SSSR count). The number of halogens is 3. The van der Waals surface area contributed by atoms with Crippen molar-refractivity contribution in [1.29, 1.82) is 0 Å². The molecular formula is C14H14F3NO3. The predicted molar refractivity (Wildman–Crippen MR) is 67.0 cm³/mol. The maximum Gasteiger partial charge on any atom is 0.416 e. The van der Waals surface area contributed by atoms with E-state index in [1.165, 1.54) is 25.3 Å². The van der Waals surface area contributed by atoms with Crippen molar-refractivity contribution in [3.8, 4) is 0 Å². The SMILES string of the molecule is COC(=O)C1CCC(=O)N1Cc1ccccc1C(F)(F)F. The third-order valence-electron chi connectivity index (χ3n) is 3.46. The van der Waals surface area contributed by atoms with Crippen LogP contribution in [0, 0.1) is 0 Å². The summed E-state index contributed by atoms with van der Waals surface area (Å²) in [5, 5.41) is 0. The molecule has 1 aromatic carbocycles. The van der Waals surface area contributed by atoms with Gasteiger partial charge in [-0.2, -0.15) is 13.2 Å². The summed E-state index contributed by atoms with van der Waals surface area (Å²) in [6.07, 6.45) is -4.10. The number of alkyl halides is 3. The molecule has 1 atom stereocenters. The minimum absolute atomic E-state index is 0.0332. The molecule has 1 fully saturated rings. The molecule has 0 aliphatic carbocycles. The summed E-state index contributed by atoms with van der Waals surface area (Å²) in [6.45, 7) is -0.256. The first-order valence-electron chi connectivity index (χ1n) is 6.37. The van der Waals surface area contributed by atoms with Gasteiger partial charge in [-0.15, -0.1) is 0 Å². The van der Waals surface area contributed by atoms with Crippen molar-refractivity contribution in [1.82, 2.24) is 4.90 Å². The molecule has 114 valence electrons. The van der Waals surface area contributed by atoms with E-state index in [1.54, 1.807) is 0 Å². The number of hydrogen-bond acceptors (Lipinski definition) is 3. The van der Waals surface area contributed by atoms with Gasteiger partial charge in [0.25, 0.3) is 0 Å². The Morgan fingerprint density at radius 3 is 2.67 bits per heavy atom. The van der Waals surface area contributed by atoms with Crippen molar-refractivity contribution in [2.24, 2.45) is 0 Å². The van der Waals surface area contributed by atoms with Crippen LogP contribution in [0.2, 0.25) is 0 Å². The van der Waals surface area contributed by atoms with Gasteiger partial charge in [-0.25, -0.2) is 4.79 Å². The van der Waals surface area contributed by atoms with Crippen LogP contribution in [0.5, 0.6) is 0 Å². The first-order chi connectivity index (χ1) is 9.84. The number of hydrogen-bond donors (Lipinski definition) is 0. The fourth-order valence-corrected chi connectivity index (χ4v) is 2.43. The summed E-state index contributed by atoms with van der Waals surface area (Å²) < 4.78 is 43.4. The summed E-state index contributed by atoms with van der Waals surface area (Å²) in [5.41, 5.74) is -0.831. The lowest BCUT2D eigenvalue weighted by molar-refractivity contribution is -0.149. The van der Waals surface area contributed by atoms with E-state index in [9.17, 15) is 22.8 Å². The summed E-state index contributed by atoms with van der Waals surface area (Å²) >= 11 is 0. The zero-order valence-corrected chi connectivity index (χ0v) is 11.3. The first kappa shape index (κ1) is 15.3. The molecule has 0 aromatic heterocycles. The molecule has 1 aromatic rings. The number of benzene rings is 1. The van der Waals surface area contributed by atoms with Crippen molar-refractivity contribution in [2.45, 2.75) is 31.6 Å². The van der Waals surface area contributed by atoms with Crippen LogP contribution in [0.15, 0.2) is 24.3 Å². The van der Waals surface area contributed by atoms with Crippen LogP contribution in [0.1, 0.15) is 24.0 Å². The van der Waals surface area contributed by atoms with Crippen molar-refractivity contribution >= 4 is 11.9 Å². The molecule has 1 aliphatic rings. The number of nitrogens with zero attached hydrogens (tertiary/aromatic N) is 1. The summed E-state index contributed by atoms with van der Waals surface area (Å²) in [7, 11) is 1.19. The molecule has 0 saturated carbocycles. The lowest BCUT2D eigenvalue weighted by atomic mass is 10.1. The molecule has 21 heavy (non-hydrogen) atoms. The Hall–Kier alpha value is -2.05. The lowest BCUT2D eigenvalue weighted by Gasteiger charge is -2.24. The van der Waals surface area contributed by atoms with E-state index in [0.29, 0.717) is 0 Å². The van der Waals surface area contributed by atoms with Crippen LogP contribution in [-0.2, 0) is 27.0 Å². The number of amides is 1. The van der Waals surface area contributed by atoms with Crippen LogP contribution in [0.3, 0.4) is 0 Å². The molecular weight excluding hydrogens is 287 g/mol. The van der Waals surface area contributed by atoms with E-state index < -0.39 is 23.8 Å². The molecule has 1 aliphatic heterocycles. The predicted octanol–water partition coefficient (Wildman–Crippen LogP) is 2.37. The van der Waals surface area contributed by atoms with Gasteiger partial charge in [0.1, 0.15) is 6.04 Å². The number of rotatable bonds is 3. The van der Waals surface area contributed by atoms with E-state index in [0.717, 1.165) is 11.0 Å². The van der Waals surface area contributed by atoms with Crippen LogP contribution in [0.25, 0.3) is 0 Å². The molecule has 1 heterocycles. The van der Waals surface area contributed by atoms with Crippen molar-refractivity contribution in [3.05, 3.63) is 35.4 Å². The number of carbonyl (C=O) groups excluding carboxylic acids is 2.